The first kappa shape index (κ1) is 18.6. The summed E-state index contributed by atoms with van der Waals surface area (Å²) in [7, 11) is 0. The molecule has 1 amide bonds. The highest BCUT2D eigenvalue weighted by Gasteiger charge is 2.28. The third-order valence-electron chi connectivity index (χ3n) is 3.67. The lowest BCUT2D eigenvalue weighted by Gasteiger charge is -2.14. The van der Waals surface area contributed by atoms with Crippen LogP contribution in [0, 0.1) is 0 Å². The average Bonchev–Trinajstić information content (AvgIpc) is 2.65. The van der Waals surface area contributed by atoms with E-state index in [0.29, 0.717) is 16.6 Å². The topological polar surface area (TPSA) is 77.0 Å². The maximum atomic E-state index is 12.4. The average molecular weight is 376 g/mol. The molecule has 0 spiro atoms. The number of hydrogen-bond acceptors (Lipinski definition) is 5. The Kier molecular flexibility index (Phi) is 5.20. The SMILES string of the molecule is CC(NC(=O)c1cnc2ccccc2n1)c1ccc(OCC(F)(F)F)nc1. The van der Waals surface area contributed by atoms with E-state index >= 15 is 0 Å². The fraction of sp³-hybridized carbons (Fsp3) is 0.222. The van der Waals surface area contributed by atoms with Gasteiger partial charge in [0, 0.05) is 12.3 Å². The van der Waals surface area contributed by atoms with Gasteiger partial charge in [0.15, 0.2) is 6.61 Å². The molecule has 140 valence electrons. The molecule has 0 aliphatic carbocycles. The summed E-state index contributed by atoms with van der Waals surface area (Å²) in [4.78, 5) is 24.6. The Hall–Kier alpha value is -3.23. The van der Waals surface area contributed by atoms with Crippen LogP contribution in [0.15, 0.2) is 48.8 Å². The molecule has 6 nitrogen and oxygen atoms in total. The Morgan fingerprint density at radius 3 is 2.52 bits per heavy atom. The Labute approximate surface area is 152 Å². The van der Waals surface area contributed by atoms with Crippen LogP contribution in [-0.2, 0) is 0 Å². The molecule has 0 aliphatic heterocycles. The molecule has 9 heteroatoms. The maximum absolute atomic E-state index is 12.4. The van der Waals surface area contributed by atoms with Crippen LogP contribution < -0.4 is 10.1 Å². The predicted octanol–water partition coefficient (Wildman–Crippen LogP) is 3.46. The Morgan fingerprint density at radius 2 is 1.85 bits per heavy atom. The number of fused-ring (bicyclic) bond motifs is 1. The van der Waals surface area contributed by atoms with Crippen molar-refractivity contribution in [1.82, 2.24) is 20.3 Å². The zero-order chi connectivity index (χ0) is 19.4. The summed E-state index contributed by atoms with van der Waals surface area (Å²) >= 11 is 0. The second-order valence-corrected chi connectivity index (χ2v) is 5.77. The van der Waals surface area contributed by atoms with Gasteiger partial charge in [-0.3, -0.25) is 9.78 Å². The number of carbonyl (C=O) groups excluding carboxylic acids is 1. The fourth-order valence-electron chi connectivity index (χ4n) is 2.31. The summed E-state index contributed by atoms with van der Waals surface area (Å²) in [6.45, 7) is 0.311. The van der Waals surface area contributed by atoms with Crippen LogP contribution in [0.25, 0.3) is 11.0 Å². The zero-order valence-electron chi connectivity index (χ0n) is 14.2. The summed E-state index contributed by atoms with van der Waals surface area (Å²) in [5, 5.41) is 2.75. The van der Waals surface area contributed by atoms with E-state index < -0.39 is 24.7 Å². The summed E-state index contributed by atoms with van der Waals surface area (Å²) in [6.07, 6.45) is -1.69. The largest absolute Gasteiger partial charge is 0.468 e. The van der Waals surface area contributed by atoms with Crippen molar-refractivity contribution in [2.75, 3.05) is 6.61 Å². The molecule has 0 bridgehead atoms. The minimum atomic E-state index is -4.43. The number of benzene rings is 1. The fourth-order valence-corrected chi connectivity index (χ4v) is 2.31. The highest BCUT2D eigenvalue weighted by molar-refractivity contribution is 5.93. The quantitative estimate of drug-likeness (QED) is 0.738. The van der Waals surface area contributed by atoms with Gasteiger partial charge in [-0.25, -0.2) is 9.97 Å². The third-order valence-corrected chi connectivity index (χ3v) is 3.67. The van der Waals surface area contributed by atoms with Crippen molar-refractivity contribution in [2.45, 2.75) is 19.1 Å². The van der Waals surface area contributed by atoms with Gasteiger partial charge in [0.05, 0.1) is 23.3 Å². The van der Waals surface area contributed by atoms with Crippen LogP contribution in [0.2, 0.25) is 0 Å². The molecule has 2 heterocycles. The number of halogens is 3. The van der Waals surface area contributed by atoms with Crippen molar-refractivity contribution in [3.63, 3.8) is 0 Å². The monoisotopic (exact) mass is 376 g/mol. The Morgan fingerprint density at radius 1 is 1.11 bits per heavy atom. The normalized spacial score (nSPS) is 12.6. The molecular weight excluding hydrogens is 361 g/mol. The zero-order valence-corrected chi connectivity index (χ0v) is 14.2. The minimum Gasteiger partial charge on any atom is -0.468 e. The number of amides is 1. The van der Waals surface area contributed by atoms with Crippen molar-refractivity contribution >= 4 is 16.9 Å². The molecule has 1 atom stereocenters. The molecule has 3 rings (SSSR count). The second kappa shape index (κ2) is 7.56. The van der Waals surface area contributed by atoms with E-state index in [1.165, 1.54) is 24.5 Å². The number of ether oxygens (including phenoxy) is 1. The van der Waals surface area contributed by atoms with Crippen LogP contribution in [0.5, 0.6) is 5.88 Å². The lowest BCUT2D eigenvalue weighted by Crippen LogP contribution is -2.27. The van der Waals surface area contributed by atoms with Gasteiger partial charge in [0.1, 0.15) is 5.69 Å². The highest BCUT2D eigenvalue weighted by Crippen LogP contribution is 2.19. The van der Waals surface area contributed by atoms with Crippen LogP contribution in [0.4, 0.5) is 13.2 Å². The number of rotatable bonds is 5. The molecular formula is C18H15F3N4O2. The lowest BCUT2D eigenvalue weighted by atomic mass is 10.1. The molecule has 1 unspecified atom stereocenters. The van der Waals surface area contributed by atoms with E-state index in [4.69, 9.17) is 0 Å². The van der Waals surface area contributed by atoms with Crippen LogP contribution in [0.3, 0.4) is 0 Å². The van der Waals surface area contributed by atoms with Crippen LogP contribution >= 0.6 is 0 Å². The van der Waals surface area contributed by atoms with E-state index in [1.54, 1.807) is 25.1 Å². The van der Waals surface area contributed by atoms with Gasteiger partial charge < -0.3 is 10.1 Å². The van der Waals surface area contributed by atoms with Crippen molar-refractivity contribution < 1.29 is 22.7 Å². The van der Waals surface area contributed by atoms with Gasteiger partial charge in [-0.15, -0.1) is 0 Å². The molecule has 2 aromatic heterocycles. The molecule has 0 fully saturated rings. The molecule has 0 saturated heterocycles. The second-order valence-electron chi connectivity index (χ2n) is 5.77. The summed E-state index contributed by atoms with van der Waals surface area (Å²) in [5.74, 6) is -0.562. The number of pyridine rings is 1. The van der Waals surface area contributed by atoms with Gasteiger partial charge in [-0.2, -0.15) is 13.2 Å². The number of carbonyl (C=O) groups is 1. The van der Waals surface area contributed by atoms with Crippen molar-refractivity contribution in [3.8, 4) is 5.88 Å². The van der Waals surface area contributed by atoms with E-state index in [0.717, 1.165) is 0 Å². The minimum absolute atomic E-state index is 0.144. The predicted molar refractivity (Wildman–Crippen MR) is 91.2 cm³/mol. The van der Waals surface area contributed by atoms with Crippen molar-refractivity contribution in [1.29, 1.82) is 0 Å². The molecule has 27 heavy (non-hydrogen) atoms. The van der Waals surface area contributed by atoms with E-state index in [1.807, 2.05) is 6.07 Å². The van der Waals surface area contributed by atoms with Crippen molar-refractivity contribution in [2.24, 2.45) is 0 Å². The maximum Gasteiger partial charge on any atom is 0.422 e. The molecule has 3 aromatic rings. The molecule has 0 saturated carbocycles. The molecule has 0 radical (unpaired) electrons. The number of nitrogens with zero attached hydrogens (tertiary/aromatic N) is 3. The van der Waals surface area contributed by atoms with Gasteiger partial charge in [0.2, 0.25) is 5.88 Å². The first-order chi connectivity index (χ1) is 12.8. The van der Waals surface area contributed by atoms with Gasteiger partial charge in [-0.1, -0.05) is 18.2 Å². The summed E-state index contributed by atoms with van der Waals surface area (Å²) < 4.78 is 41.0. The molecule has 1 N–H and O–H groups in total. The van der Waals surface area contributed by atoms with Gasteiger partial charge in [-0.05, 0) is 24.6 Å². The Bertz CT molecular complexity index is 945. The number of para-hydroxylation sites is 2. The van der Waals surface area contributed by atoms with Crippen LogP contribution in [-0.4, -0.2) is 33.6 Å². The first-order valence-corrected chi connectivity index (χ1v) is 8.00. The standard InChI is InChI=1S/C18H15F3N4O2/c1-11(12-6-7-16(23-8-12)27-10-18(19,20)21)24-17(26)15-9-22-13-4-2-3-5-14(13)25-15/h2-9,11H,10H2,1H3,(H,24,26). The third kappa shape index (κ3) is 4.90. The first-order valence-electron chi connectivity index (χ1n) is 8.00. The molecule has 0 aliphatic rings. The smallest absolute Gasteiger partial charge is 0.422 e. The summed E-state index contributed by atoms with van der Waals surface area (Å²) in [5.41, 5.74) is 2.06. The van der Waals surface area contributed by atoms with Gasteiger partial charge in [0.25, 0.3) is 5.91 Å². The van der Waals surface area contributed by atoms with E-state index in [9.17, 15) is 18.0 Å². The highest BCUT2D eigenvalue weighted by atomic mass is 19.4. The molecule has 1 aromatic carbocycles. The number of alkyl halides is 3. The Balaban J connectivity index is 1.65. The van der Waals surface area contributed by atoms with Gasteiger partial charge >= 0.3 is 6.18 Å². The van der Waals surface area contributed by atoms with Crippen LogP contribution in [0.1, 0.15) is 29.0 Å². The van der Waals surface area contributed by atoms with E-state index in [-0.39, 0.29) is 11.6 Å². The lowest BCUT2D eigenvalue weighted by molar-refractivity contribution is -0.154. The number of hydrogen-bond donors (Lipinski definition) is 1. The summed E-state index contributed by atoms with van der Waals surface area (Å²) in [6, 6.07) is 9.60. The van der Waals surface area contributed by atoms with Crippen molar-refractivity contribution in [3.05, 3.63) is 60.0 Å². The number of nitrogens with one attached hydrogen (secondary N) is 1. The van der Waals surface area contributed by atoms with E-state index in [2.05, 4.69) is 25.0 Å². The number of aromatic nitrogens is 3.